The summed E-state index contributed by atoms with van der Waals surface area (Å²) in [5.41, 5.74) is 4.97. The van der Waals surface area contributed by atoms with Crippen LogP contribution in [0.2, 0.25) is 0 Å². The second kappa shape index (κ2) is 8.17. The Bertz CT molecular complexity index is 1170. The second-order valence-electron chi connectivity index (χ2n) is 7.84. The largest absolute Gasteiger partial charge is 0.493 e. The molecular formula is C25H22BrNO3S. The predicted octanol–water partition coefficient (Wildman–Crippen LogP) is 6.49. The number of allylic oxidation sites excluding steroid dienone is 2. The Kier molecular flexibility index (Phi) is 5.36. The number of methoxy groups -OCH3 is 2. The van der Waals surface area contributed by atoms with E-state index in [2.05, 4.69) is 50.9 Å². The van der Waals surface area contributed by atoms with Crippen LogP contribution in [-0.2, 0) is 4.79 Å². The van der Waals surface area contributed by atoms with Crippen LogP contribution in [0.1, 0.15) is 40.7 Å². The zero-order chi connectivity index (χ0) is 21.5. The van der Waals surface area contributed by atoms with E-state index in [1.165, 1.54) is 4.88 Å². The Morgan fingerprint density at radius 3 is 2.45 bits per heavy atom. The number of carbonyl (C=O) groups excluding carboxylic acids is 1. The van der Waals surface area contributed by atoms with Gasteiger partial charge in [-0.05, 0) is 47.2 Å². The molecule has 0 bridgehead atoms. The highest BCUT2D eigenvalue weighted by molar-refractivity contribution is 9.10. The molecule has 0 saturated carbocycles. The number of hydrogen-bond acceptors (Lipinski definition) is 5. The molecule has 5 rings (SSSR count). The van der Waals surface area contributed by atoms with Crippen molar-refractivity contribution >= 4 is 38.7 Å². The van der Waals surface area contributed by atoms with Gasteiger partial charge in [-0.25, -0.2) is 0 Å². The Labute approximate surface area is 194 Å². The van der Waals surface area contributed by atoms with Gasteiger partial charge in [0.2, 0.25) is 0 Å². The highest BCUT2D eigenvalue weighted by atomic mass is 79.9. The molecule has 0 saturated heterocycles. The van der Waals surface area contributed by atoms with Gasteiger partial charge in [0.25, 0.3) is 0 Å². The van der Waals surface area contributed by atoms with E-state index in [1.54, 1.807) is 25.6 Å². The van der Waals surface area contributed by atoms with E-state index in [4.69, 9.17) is 9.47 Å². The number of ketones is 1. The average Bonchev–Trinajstić information content (AvgIpc) is 3.32. The maximum absolute atomic E-state index is 13.5. The summed E-state index contributed by atoms with van der Waals surface area (Å²) in [6.07, 6.45) is 1.36. The van der Waals surface area contributed by atoms with E-state index in [9.17, 15) is 4.79 Å². The number of halogens is 1. The van der Waals surface area contributed by atoms with Crippen molar-refractivity contribution in [3.8, 4) is 11.5 Å². The predicted molar refractivity (Wildman–Crippen MR) is 127 cm³/mol. The summed E-state index contributed by atoms with van der Waals surface area (Å²) in [7, 11) is 3.28. The molecule has 158 valence electrons. The third-order valence-electron chi connectivity index (χ3n) is 6.10. The summed E-state index contributed by atoms with van der Waals surface area (Å²) in [6.45, 7) is 0. The first-order valence-corrected chi connectivity index (χ1v) is 11.8. The Hall–Kier alpha value is -2.57. The summed E-state index contributed by atoms with van der Waals surface area (Å²) in [4.78, 5) is 14.8. The number of Topliss-reactive ketones (excluding diaryl/α,β-unsaturated/α-hetero) is 1. The minimum atomic E-state index is -0.143. The summed E-state index contributed by atoms with van der Waals surface area (Å²) in [6, 6.07) is 16.4. The molecule has 6 heteroatoms. The standard InChI is InChI=1S/C25H22BrNO3S/c1-29-21-12-17-18(13-22(21)30-2)27-19-10-15(23-4-3-9-31-23)11-20(28)25(19)24(17)14-5-7-16(26)8-6-14/h3-9,12-13,15,24,27H,10-11H2,1-2H3. The fraction of sp³-hybridized carbons (Fsp3) is 0.240. The van der Waals surface area contributed by atoms with E-state index in [-0.39, 0.29) is 17.6 Å². The lowest BCUT2D eigenvalue weighted by atomic mass is 9.73. The fourth-order valence-corrected chi connectivity index (χ4v) is 5.77. The van der Waals surface area contributed by atoms with E-state index in [0.717, 1.165) is 39.0 Å². The van der Waals surface area contributed by atoms with Crippen molar-refractivity contribution in [1.82, 2.24) is 0 Å². The smallest absolute Gasteiger partial charge is 0.162 e. The number of fused-ring (bicyclic) bond motifs is 1. The Balaban J connectivity index is 1.67. The molecular weight excluding hydrogens is 474 g/mol. The minimum Gasteiger partial charge on any atom is -0.493 e. The van der Waals surface area contributed by atoms with Gasteiger partial charge in [0, 0.05) is 50.6 Å². The van der Waals surface area contributed by atoms with Crippen LogP contribution in [0, 0.1) is 0 Å². The Morgan fingerprint density at radius 1 is 1.03 bits per heavy atom. The van der Waals surface area contributed by atoms with Gasteiger partial charge in [-0.3, -0.25) is 4.79 Å². The third-order valence-corrected chi connectivity index (χ3v) is 7.66. The van der Waals surface area contributed by atoms with Gasteiger partial charge < -0.3 is 14.8 Å². The van der Waals surface area contributed by atoms with Crippen molar-refractivity contribution in [3.05, 3.63) is 85.7 Å². The molecule has 2 atom stereocenters. The van der Waals surface area contributed by atoms with E-state index in [0.29, 0.717) is 17.9 Å². The molecule has 2 aliphatic rings. The number of thiophene rings is 1. The number of nitrogens with one attached hydrogen (secondary N) is 1. The third kappa shape index (κ3) is 3.58. The summed E-state index contributed by atoms with van der Waals surface area (Å²) in [5, 5.41) is 5.66. The van der Waals surface area contributed by atoms with Gasteiger partial charge in [0.05, 0.1) is 14.2 Å². The lowest BCUT2D eigenvalue weighted by Gasteiger charge is -2.36. The first-order chi connectivity index (χ1) is 15.1. The van der Waals surface area contributed by atoms with Crippen LogP contribution < -0.4 is 14.8 Å². The van der Waals surface area contributed by atoms with Crippen molar-refractivity contribution in [2.24, 2.45) is 0 Å². The second-order valence-corrected chi connectivity index (χ2v) is 9.73. The number of hydrogen-bond donors (Lipinski definition) is 1. The van der Waals surface area contributed by atoms with Crippen molar-refractivity contribution in [2.45, 2.75) is 24.7 Å². The van der Waals surface area contributed by atoms with Gasteiger partial charge in [0.1, 0.15) is 0 Å². The van der Waals surface area contributed by atoms with Crippen molar-refractivity contribution in [2.75, 3.05) is 19.5 Å². The molecule has 31 heavy (non-hydrogen) atoms. The molecule has 0 radical (unpaired) electrons. The van der Waals surface area contributed by atoms with Crippen LogP contribution in [0.4, 0.5) is 5.69 Å². The minimum absolute atomic E-state index is 0.143. The number of carbonyl (C=O) groups is 1. The van der Waals surface area contributed by atoms with E-state index in [1.807, 2.05) is 24.3 Å². The number of benzene rings is 2. The number of rotatable bonds is 4. The van der Waals surface area contributed by atoms with Gasteiger partial charge in [-0.2, -0.15) is 0 Å². The molecule has 1 aliphatic carbocycles. The molecule has 1 aliphatic heterocycles. The van der Waals surface area contributed by atoms with E-state index >= 15 is 0 Å². The number of ether oxygens (including phenoxy) is 2. The van der Waals surface area contributed by atoms with Crippen LogP contribution in [0.15, 0.2) is 69.7 Å². The fourth-order valence-electron chi connectivity index (χ4n) is 4.67. The zero-order valence-electron chi connectivity index (χ0n) is 17.3. The van der Waals surface area contributed by atoms with Crippen molar-refractivity contribution in [1.29, 1.82) is 0 Å². The molecule has 1 aromatic heterocycles. The molecule has 3 aromatic rings. The summed E-state index contributed by atoms with van der Waals surface area (Å²) >= 11 is 5.25. The van der Waals surface area contributed by atoms with Gasteiger partial charge in [0.15, 0.2) is 17.3 Å². The van der Waals surface area contributed by atoms with Crippen molar-refractivity contribution in [3.63, 3.8) is 0 Å². The Morgan fingerprint density at radius 2 is 1.77 bits per heavy atom. The van der Waals surface area contributed by atoms with E-state index < -0.39 is 0 Å². The monoisotopic (exact) mass is 495 g/mol. The van der Waals surface area contributed by atoms with Crippen molar-refractivity contribution < 1.29 is 14.3 Å². The summed E-state index contributed by atoms with van der Waals surface area (Å²) < 4.78 is 12.1. The molecule has 4 nitrogen and oxygen atoms in total. The number of anilines is 1. The van der Waals surface area contributed by atoms with Crippen LogP contribution >= 0.6 is 27.3 Å². The first kappa shape index (κ1) is 20.3. The molecule has 2 unspecified atom stereocenters. The molecule has 0 spiro atoms. The van der Waals surface area contributed by atoms with Crippen LogP contribution in [-0.4, -0.2) is 20.0 Å². The molecule has 1 N–H and O–H groups in total. The van der Waals surface area contributed by atoms with Gasteiger partial charge in [-0.15, -0.1) is 11.3 Å². The van der Waals surface area contributed by atoms with Crippen LogP contribution in [0.3, 0.4) is 0 Å². The summed E-state index contributed by atoms with van der Waals surface area (Å²) in [5.74, 6) is 1.61. The SMILES string of the molecule is COc1cc2c(cc1OC)C(c1ccc(Br)cc1)C1=C(CC(c3cccs3)CC1=O)N2. The lowest BCUT2D eigenvalue weighted by molar-refractivity contribution is -0.116. The highest BCUT2D eigenvalue weighted by Gasteiger charge is 2.39. The normalized spacial score (nSPS) is 20.0. The lowest BCUT2D eigenvalue weighted by Crippen LogP contribution is -2.29. The molecule has 2 aromatic carbocycles. The topological polar surface area (TPSA) is 47.6 Å². The highest BCUT2D eigenvalue weighted by Crippen LogP contribution is 2.50. The molecule has 0 fully saturated rings. The quantitative estimate of drug-likeness (QED) is 0.449. The molecule has 2 heterocycles. The first-order valence-electron chi connectivity index (χ1n) is 10.2. The maximum atomic E-state index is 13.5. The van der Waals surface area contributed by atoms with Crippen LogP contribution in [0.25, 0.3) is 0 Å². The zero-order valence-corrected chi connectivity index (χ0v) is 19.7. The molecule has 0 amide bonds. The van der Waals surface area contributed by atoms with Gasteiger partial charge in [-0.1, -0.05) is 34.1 Å². The van der Waals surface area contributed by atoms with Crippen LogP contribution in [0.5, 0.6) is 11.5 Å². The maximum Gasteiger partial charge on any atom is 0.162 e. The average molecular weight is 496 g/mol. The van der Waals surface area contributed by atoms with Gasteiger partial charge >= 0.3 is 0 Å².